The molecule has 7 aromatic rings. The summed E-state index contributed by atoms with van der Waals surface area (Å²) >= 11 is 13.1. The second-order valence-corrected chi connectivity index (χ2v) is 13.6. The van der Waals surface area contributed by atoms with Crippen LogP contribution in [-0.2, 0) is 0 Å². The van der Waals surface area contributed by atoms with Gasteiger partial charge in [-0.25, -0.2) is 27.5 Å². The van der Waals surface area contributed by atoms with Gasteiger partial charge in [-0.2, -0.15) is 0 Å². The van der Waals surface area contributed by atoms with E-state index in [1.165, 1.54) is 0 Å². The molecule has 0 radical (unpaired) electrons. The molecule has 6 nitrogen and oxygen atoms in total. The number of rotatable bonds is 12. The highest BCUT2D eigenvalue weighted by atomic mass is 35.5. The van der Waals surface area contributed by atoms with Gasteiger partial charge in [-0.3, -0.25) is 0 Å². The van der Waals surface area contributed by atoms with Gasteiger partial charge in [0.2, 0.25) is 11.8 Å². The van der Waals surface area contributed by atoms with E-state index in [1.807, 2.05) is 52.0 Å². The van der Waals surface area contributed by atoms with Crippen LogP contribution in [0.25, 0.3) is 68.1 Å². The van der Waals surface area contributed by atoms with Gasteiger partial charge in [0, 0.05) is 59.8 Å². The quantitative estimate of drug-likeness (QED) is 0.0906. The van der Waals surface area contributed by atoms with Gasteiger partial charge >= 0.3 is 0 Å². The highest BCUT2D eigenvalue weighted by Crippen LogP contribution is 2.45. The van der Waals surface area contributed by atoms with Crippen molar-refractivity contribution in [1.29, 1.82) is 0 Å². The molecule has 0 aliphatic carbocycles. The molecule has 286 valence electrons. The molecular weight excluding hydrogens is 763 g/mol. The summed E-state index contributed by atoms with van der Waals surface area (Å²) in [4.78, 5) is 13.1. The van der Waals surface area contributed by atoms with Crippen molar-refractivity contribution in [3.05, 3.63) is 130 Å². The van der Waals surface area contributed by atoms with Gasteiger partial charge in [-0.05, 0) is 76.2 Å². The third kappa shape index (κ3) is 7.03. The number of oxazole rings is 2. The number of aromatic nitrogens is 2. The predicted octanol–water partition coefficient (Wildman–Crippen LogP) is 13.2. The van der Waals surface area contributed by atoms with Crippen molar-refractivity contribution in [1.82, 2.24) is 9.97 Å². The van der Waals surface area contributed by atoms with E-state index in [0.717, 1.165) is 37.6 Å². The Kier molecular flexibility index (Phi) is 11.2. The molecule has 0 saturated carbocycles. The highest BCUT2D eigenvalue weighted by molar-refractivity contribution is 6.33. The molecule has 0 aliphatic rings. The Hall–Kier alpha value is -5.58. The number of hydrogen-bond acceptors (Lipinski definition) is 6. The first-order valence-corrected chi connectivity index (χ1v) is 18.9. The van der Waals surface area contributed by atoms with Gasteiger partial charge in [0.1, 0.15) is 22.5 Å². The lowest BCUT2D eigenvalue weighted by Gasteiger charge is -2.21. The lowest BCUT2D eigenvalue weighted by Crippen LogP contribution is -2.21. The maximum absolute atomic E-state index is 16.3. The monoisotopic (exact) mass is 798 g/mol. The molecule has 5 aromatic carbocycles. The summed E-state index contributed by atoms with van der Waals surface area (Å²) in [6, 6.07) is 28.0. The van der Waals surface area contributed by atoms with Crippen LogP contribution in [0.5, 0.6) is 0 Å². The van der Waals surface area contributed by atoms with Crippen LogP contribution in [0.3, 0.4) is 0 Å². The summed E-state index contributed by atoms with van der Waals surface area (Å²) in [6.45, 7) is 11.3. The molecule has 0 spiro atoms. The first kappa shape index (κ1) is 38.7. The minimum Gasteiger partial charge on any atom is -0.435 e. The Balaban J connectivity index is 1.38. The molecule has 0 amide bonds. The zero-order valence-corrected chi connectivity index (χ0v) is 32.5. The Morgan fingerprint density at radius 3 is 1.11 bits per heavy atom. The molecular formula is C44H36Cl2F4N4O2. The van der Waals surface area contributed by atoms with Crippen molar-refractivity contribution < 1.29 is 26.4 Å². The zero-order chi connectivity index (χ0) is 39.7. The van der Waals surface area contributed by atoms with Gasteiger partial charge in [0.25, 0.3) is 0 Å². The van der Waals surface area contributed by atoms with Crippen LogP contribution in [0.15, 0.2) is 106 Å². The number of anilines is 2. The molecule has 0 aliphatic heterocycles. The molecule has 2 aromatic heterocycles. The Bertz CT molecular complexity index is 2310. The first-order valence-electron chi connectivity index (χ1n) is 18.2. The van der Waals surface area contributed by atoms with E-state index in [1.54, 1.807) is 72.8 Å². The van der Waals surface area contributed by atoms with Gasteiger partial charge < -0.3 is 18.6 Å². The topological polar surface area (TPSA) is 58.5 Å². The Labute approximate surface area is 332 Å². The van der Waals surface area contributed by atoms with Crippen LogP contribution >= 0.6 is 23.2 Å². The van der Waals surface area contributed by atoms with Crippen LogP contribution < -0.4 is 9.80 Å². The summed E-state index contributed by atoms with van der Waals surface area (Å²) in [7, 11) is 0. The van der Waals surface area contributed by atoms with E-state index < -0.39 is 46.2 Å². The molecule has 0 atom stereocenters. The number of halogens is 6. The van der Waals surface area contributed by atoms with Gasteiger partial charge in [0.15, 0.2) is 34.8 Å². The summed E-state index contributed by atoms with van der Waals surface area (Å²) in [6.07, 6.45) is 0. The molecule has 0 bridgehead atoms. The van der Waals surface area contributed by atoms with Crippen molar-refractivity contribution in [3.8, 4) is 68.1 Å². The molecule has 0 N–H and O–H groups in total. The Morgan fingerprint density at radius 2 is 0.804 bits per heavy atom. The van der Waals surface area contributed by atoms with Crippen molar-refractivity contribution in [2.45, 2.75) is 27.7 Å². The van der Waals surface area contributed by atoms with E-state index in [9.17, 15) is 0 Å². The fourth-order valence-electron chi connectivity index (χ4n) is 6.75. The summed E-state index contributed by atoms with van der Waals surface area (Å²) < 4.78 is 77.2. The van der Waals surface area contributed by atoms with Crippen molar-refractivity contribution >= 4 is 34.6 Å². The molecule has 7 rings (SSSR count). The van der Waals surface area contributed by atoms with Crippen LogP contribution in [0.1, 0.15) is 27.7 Å². The minimum atomic E-state index is -1.75. The lowest BCUT2D eigenvalue weighted by atomic mass is 10.0. The zero-order valence-electron chi connectivity index (χ0n) is 30.9. The molecule has 56 heavy (non-hydrogen) atoms. The predicted molar refractivity (Wildman–Crippen MR) is 216 cm³/mol. The van der Waals surface area contributed by atoms with Crippen LogP contribution in [0.2, 0.25) is 10.0 Å². The largest absolute Gasteiger partial charge is 0.435 e. The van der Waals surface area contributed by atoms with Crippen molar-refractivity contribution in [2.75, 3.05) is 36.0 Å². The highest BCUT2D eigenvalue weighted by Gasteiger charge is 2.34. The first-order chi connectivity index (χ1) is 27.1. The summed E-state index contributed by atoms with van der Waals surface area (Å²) in [5.41, 5.74) is 1.69. The normalized spacial score (nSPS) is 11.3. The van der Waals surface area contributed by atoms with Gasteiger partial charge in [-0.1, -0.05) is 71.7 Å². The van der Waals surface area contributed by atoms with E-state index in [-0.39, 0.29) is 33.0 Å². The number of benzene rings is 5. The Morgan fingerprint density at radius 1 is 0.482 bits per heavy atom. The SMILES string of the molecule is CCN(CC)c1ccc(-c2nc(-c3c(F)c(F)c(-c4nc(-c5ccc(N(CC)CC)cc5)c(-c5ccccc5Cl)o4)c(F)c3F)oc2-c2ccccc2Cl)cc1. The summed E-state index contributed by atoms with van der Waals surface area (Å²) in [5.74, 6) is -8.29. The fourth-order valence-corrected chi connectivity index (χ4v) is 7.19. The van der Waals surface area contributed by atoms with Gasteiger partial charge in [0.05, 0.1) is 10.0 Å². The number of nitrogens with zero attached hydrogens (tertiary/aromatic N) is 4. The number of hydrogen-bond donors (Lipinski definition) is 0. The third-order valence-corrected chi connectivity index (χ3v) is 10.4. The fraction of sp³-hybridized carbons (Fsp3) is 0.182. The molecule has 12 heteroatoms. The van der Waals surface area contributed by atoms with Crippen LogP contribution in [0, 0.1) is 23.3 Å². The maximum Gasteiger partial charge on any atom is 0.233 e. The molecule has 2 heterocycles. The average molecular weight is 800 g/mol. The maximum atomic E-state index is 16.3. The second kappa shape index (κ2) is 16.3. The second-order valence-electron chi connectivity index (χ2n) is 12.8. The van der Waals surface area contributed by atoms with E-state index >= 15 is 17.6 Å². The standard InChI is InChI=1S/C44H36Cl2F4N4O2/c1-5-53(6-2)27-21-17-25(18-22-27)39-41(29-13-9-11-15-31(29)45)55-43(51-39)33-35(47)37(49)34(38(50)36(33)48)44-52-40(42(56-44)30-14-10-12-16-32(30)46)26-19-23-28(24-20-26)54(7-3)8-4/h9-24H,5-8H2,1-4H3. The minimum absolute atomic E-state index is 0.0543. The van der Waals surface area contributed by atoms with Crippen LogP contribution in [0.4, 0.5) is 28.9 Å². The van der Waals surface area contributed by atoms with Crippen LogP contribution in [-0.4, -0.2) is 36.1 Å². The van der Waals surface area contributed by atoms with E-state index in [4.69, 9.17) is 32.0 Å². The van der Waals surface area contributed by atoms with Crippen molar-refractivity contribution in [3.63, 3.8) is 0 Å². The average Bonchev–Trinajstić information content (AvgIpc) is 3.85. The summed E-state index contributed by atoms with van der Waals surface area (Å²) in [5, 5.41) is 0.531. The smallest absolute Gasteiger partial charge is 0.233 e. The molecule has 0 unspecified atom stereocenters. The molecule has 0 saturated heterocycles. The molecule has 0 fully saturated rings. The third-order valence-electron chi connectivity index (χ3n) is 9.72. The van der Waals surface area contributed by atoms with E-state index in [0.29, 0.717) is 22.3 Å². The lowest BCUT2D eigenvalue weighted by molar-refractivity contribution is 0.448. The van der Waals surface area contributed by atoms with Crippen molar-refractivity contribution in [2.24, 2.45) is 0 Å². The van der Waals surface area contributed by atoms with E-state index in [2.05, 4.69) is 19.8 Å². The van der Waals surface area contributed by atoms with Gasteiger partial charge in [-0.15, -0.1) is 0 Å².